The van der Waals surface area contributed by atoms with Crippen LogP contribution in [0.2, 0.25) is 0 Å². The molecule has 4 aliphatic heterocycles. The molecule has 0 N–H and O–H groups in total. The van der Waals surface area contributed by atoms with Crippen LogP contribution in [0.1, 0.15) is 88.0 Å². The molecule has 4 aliphatic rings. The summed E-state index contributed by atoms with van der Waals surface area (Å²) in [5.74, 6) is 0. The monoisotopic (exact) mass is 1250 g/mol. The molecule has 4 atom stereocenters. The number of halogens is 12. The fourth-order valence-corrected chi connectivity index (χ4v) is 8.73. The maximum atomic E-state index is 9.91. The van der Waals surface area contributed by atoms with Crippen molar-refractivity contribution in [2.45, 2.75) is 116 Å². The van der Waals surface area contributed by atoms with Gasteiger partial charge in [0.2, 0.25) is 0 Å². The SMILES string of the molecule is CC=[N-].CC=[N-].[F-].[F-].[F][Sb]([F])([F])([F])[F].[F][Sb]([F])([F])([F])[F].[Fe+4].c1ccc(CN2CCC[C@H]2[C@@H]2CCCN2Cc2ccccn2)nc1.c1ccc(CN2CCC[C@H]2[C@@H]2CCCN2Cc2ccccn2)nc1. The number of hydrogen-bond acceptors (Lipinski definition) is 8. The van der Waals surface area contributed by atoms with Crippen molar-refractivity contribution in [3.8, 4) is 0 Å². The van der Waals surface area contributed by atoms with Crippen molar-refractivity contribution >= 4 is 53.0 Å². The van der Waals surface area contributed by atoms with Crippen LogP contribution in [0.3, 0.4) is 0 Å². The van der Waals surface area contributed by atoms with E-state index in [2.05, 4.69) is 88.1 Å². The molecule has 4 aromatic heterocycles. The van der Waals surface area contributed by atoms with Crippen LogP contribution in [-0.2, 0) is 43.2 Å². The number of rotatable bonds is 10. The number of hydrogen-bond donors (Lipinski definition) is 0. The van der Waals surface area contributed by atoms with Crippen molar-refractivity contribution in [3.63, 3.8) is 0 Å². The molecule has 0 aliphatic carbocycles. The van der Waals surface area contributed by atoms with E-state index in [1.165, 1.54) is 100 Å². The molecule has 0 aromatic carbocycles. The van der Waals surface area contributed by atoms with Gasteiger partial charge in [-0.2, -0.15) is 0 Å². The Morgan fingerprint density at radius 3 is 0.754 bits per heavy atom. The zero-order valence-corrected chi connectivity index (χ0v) is 44.5. The van der Waals surface area contributed by atoms with Gasteiger partial charge in [0.25, 0.3) is 0 Å². The van der Waals surface area contributed by atoms with E-state index in [0.29, 0.717) is 24.2 Å². The van der Waals surface area contributed by atoms with Crippen LogP contribution in [0.25, 0.3) is 10.8 Å². The van der Waals surface area contributed by atoms with Gasteiger partial charge in [0.05, 0.1) is 22.8 Å². The van der Waals surface area contributed by atoms with E-state index in [1.54, 1.807) is 13.8 Å². The van der Waals surface area contributed by atoms with E-state index in [1.807, 2.05) is 49.1 Å². The second kappa shape index (κ2) is 32.2. The molecule has 10 nitrogen and oxygen atoms in total. The summed E-state index contributed by atoms with van der Waals surface area (Å²) in [5, 5.41) is 14.9. The third kappa shape index (κ3) is 29.9. The Kier molecular flexibility index (Phi) is 30.9. The first-order chi connectivity index (χ1) is 31.1. The largest absolute Gasteiger partial charge is 4.00 e. The molecule has 0 radical (unpaired) electrons. The standard InChI is InChI=1S/2C20H26N4.2C2H4N.12FH.Fe.2Sb/c2*1-3-11-21-17(7-1)15-23-13-5-9-19(23)20-10-6-14-24(20)16-18-8-2-4-12-22-18;2*1-2-3;;;;;;;;;;;;;;;/h2*1-4,7-8,11-12,19-20H,5-6,9-10,13-16H2;2*2H,1H3;12*1H;;;/q;;2*-1;;;;;;;;;;;;;+4;2*+5/p-12/t2*19-,20-;;;;;;;;;;;;;;;;;/m00................./s1. The fourth-order valence-electron chi connectivity index (χ4n) is 8.73. The molecular formula is C44H60F12FeN10Sb2. The Labute approximate surface area is 417 Å². The van der Waals surface area contributed by atoms with Gasteiger partial charge in [0.15, 0.2) is 0 Å². The normalized spacial score (nSPS) is 21.3. The van der Waals surface area contributed by atoms with Crippen LogP contribution in [0.5, 0.6) is 0 Å². The first kappa shape index (κ1) is 66.1. The molecule has 69 heavy (non-hydrogen) atoms. The summed E-state index contributed by atoms with van der Waals surface area (Å²) in [7, 11) is 0. The molecule has 0 amide bonds. The molecule has 0 unspecified atom stereocenters. The van der Waals surface area contributed by atoms with Crippen LogP contribution >= 0.6 is 0 Å². The molecule has 0 spiro atoms. The third-order valence-corrected chi connectivity index (χ3v) is 10.9. The van der Waals surface area contributed by atoms with Crippen LogP contribution in [-0.4, -0.2) is 143 Å². The molecule has 4 aromatic rings. The van der Waals surface area contributed by atoms with Crippen molar-refractivity contribution in [2.24, 2.45) is 0 Å². The van der Waals surface area contributed by atoms with Gasteiger partial charge >= 0.3 is 85.8 Å². The topological polar surface area (TPSA) is 109 Å². The molecule has 0 bridgehead atoms. The smallest absolute Gasteiger partial charge is 0.293 e. The van der Waals surface area contributed by atoms with E-state index in [-0.39, 0.29) is 26.5 Å². The Hall–Kier alpha value is -2.90. The minimum atomic E-state index is -9.19. The quantitative estimate of drug-likeness (QED) is 0.125. The van der Waals surface area contributed by atoms with Crippen LogP contribution < -0.4 is 9.41 Å². The van der Waals surface area contributed by atoms with E-state index in [4.69, 9.17) is 10.8 Å². The molecular weight excluding hydrogens is 1200 g/mol. The van der Waals surface area contributed by atoms with E-state index in [0.717, 1.165) is 38.6 Å². The fraction of sp³-hybridized carbons (Fsp3) is 0.500. The van der Waals surface area contributed by atoms with Gasteiger partial charge in [-0.15, -0.1) is 0 Å². The first-order valence-electron chi connectivity index (χ1n) is 21.7. The van der Waals surface area contributed by atoms with Crippen molar-refractivity contribution in [1.82, 2.24) is 39.5 Å². The van der Waals surface area contributed by atoms with Crippen LogP contribution in [0, 0.1) is 0 Å². The Balaban J connectivity index is 0.000000965. The Morgan fingerprint density at radius 2 is 0.609 bits per heavy atom. The molecule has 388 valence electrons. The van der Waals surface area contributed by atoms with Crippen molar-refractivity contribution in [2.75, 3.05) is 26.2 Å². The van der Waals surface area contributed by atoms with Crippen molar-refractivity contribution in [3.05, 3.63) is 131 Å². The van der Waals surface area contributed by atoms with Crippen molar-refractivity contribution in [1.29, 1.82) is 0 Å². The summed E-state index contributed by atoms with van der Waals surface area (Å²) in [6.45, 7) is 11.9. The summed E-state index contributed by atoms with van der Waals surface area (Å²) >= 11 is -18.4. The maximum Gasteiger partial charge on any atom is 4.00 e. The average molecular weight is 1260 g/mol. The number of pyridine rings is 4. The minimum absolute atomic E-state index is 0. The molecule has 4 fully saturated rings. The number of aromatic nitrogens is 4. The number of nitrogens with zero attached hydrogens (tertiary/aromatic N) is 10. The number of likely N-dealkylation sites (tertiary alicyclic amines) is 4. The van der Waals surface area contributed by atoms with Gasteiger partial charge < -0.3 is 20.2 Å². The van der Waals surface area contributed by atoms with E-state index >= 15 is 0 Å². The average Bonchev–Trinajstić information content (AvgIpc) is 4.08. The van der Waals surface area contributed by atoms with Gasteiger partial charge in [-0.1, -0.05) is 38.1 Å². The third-order valence-electron chi connectivity index (χ3n) is 10.9. The minimum Gasteiger partial charge on any atom is -0.293 e. The zero-order valence-electron chi connectivity index (χ0n) is 38.3. The maximum absolute atomic E-state index is 9.91. The molecule has 25 heteroatoms. The molecule has 8 rings (SSSR count). The van der Waals surface area contributed by atoms with Crippen molar-refractivity contribution < 1.29 is 54.6 Å². The summed E-state index contributed by atoms with van der Waals surface area (Å²) in [6, 6.07) is 27.6. The predicted molar refractivity (Wildman–Crippen MR) is 243 cm³/mol. The Morgan fingerprint density at radius 1 is 0.435 bits per heavy atom. The van der Waals surface area contributed by atoms with Crippen LogP contribution in [0.15, 0.2) is 97.6 Å². The van der Waals surface area contributed by atoms with Gasteiger partial charge in [-0.3, -0.25) is 39.5 Å². The van der Waals surface area contributed by atoms with E-state index < -0.39 is 40.6 Å². The summed E-state index contributed by atoms with van der Waals surface area (Å²) in [6.07, 6.45) is 20.1. The van der Waals surface area contributed by atoms with Gasteiger partial charge in [0, 0.05) is 75.1 Å². The molecule has 4 saturated heterocycles. The zero-order chi connectivity index (χ0) is 48.7. The van der Waals surface area contributed by atoms with E-state index in [9.17, 15) is 28.1 Å². The second-order valence-electron chi connectivity index (χ2n) is 15.8. The summed E-state index contributed by atoms with van der Waals surface area (Å²) < 4.78 is 99.1. The predicted octanol–water partition coefficient (Wildman–Crippen LogP) is 4.95. The molecule has 0 saturated carbocycles. The van der Waals surface area contributed by atoms with Gasteiger partial charge in [-0.25, -0.2) is 12.4 Å². The summed E-state index contributed by atoms with van der Waals surface area (Å²) in [4.78, 5) is 28.7. The van der Waals surface area contributed by atoms with Gasteiger partial charge in [-0.05, 0) is 126 Å². The second-order valence-corrected chi connectivity index (χ2v) is 23.1. The molecule has 8 heterocycles. The van der Waals surface area contributed by atoms with Crippen LogP contribution in [0.4, 0.5) is 28.1 Å². The first-order valence-corrected chi connectivity index (χ1v) is 31.4. The summed E-state index contributed by atoms with van der Waals surface area (Å²) in [5.41, 5.74) is 4.77. The Bertz CT molecular complexity index is 1680. The van der Waals surface area contributed by atoms with Gasteiger partial charge in [0.1, 0.15) is 0 Å².